The zero-order valence-electron chi connectivity index (χ0n) is 7.71. The van der Waals surface area contributed by atoms with E-state index in [1.165, 1.54) is 11.3 Å². The molecule has 5 heteroatoms. The quantitative estimate of drug-likeness (QED) is 0.759. The molecule has 2 aromatic rings. The van der Waals surface area contributed by atoms with Crippen LogP contribution in [-0.4, -0.2) is 5.78 Å². The fraction of sp³-hybridized carbons (Fsp3) is 0.100. The Morgan fingerprint density at radius 2 is 2.13 bits per heavy atom. The van der Waals surface area contributed by atoms with E-state index in [4.69, 9.17) is 27.6 Å². The van der Waals surface area contributed by atoms with Crippen molar-refractivity contribution >= 4 is 40.3 Å². The summed E-state index contributed by atoms with van der Waals surface area (Å²) in [6.07, 6.45) is 0. The Labute approximate surface area is 100 Å². The molecule has 0 saturated heterocycles. The number of ketones is 1. The second-order valence-electron chi connectivity index (χ2n) is 2.98. The van der Waals surface area contributed by atoms with Crippen LogP contribution in [0, 0.1) is 6.92 Å². The number of hydrogen-bond donors (Lipinski definition) is 0. The van der Waals surface area contributed by atoms with Crippen LogP contribution in [0.2, 0.25) is 8.67 Å². The number of thiophene rings is 1. The maximum absolute atomic E-state index is 11.9. The molecular weight excluding hydrogens is 255 g/mol. The van der Waals surface area contributed by atoms with Crippen LogP contribution in [0.4, 0.5) is 0 Å². The van der Waals surface area contributed by atoms with E-state index in [9.17, 15) is 4.79 Å². The lowest BCUT2D eigenvalue weighted by Gasteiger charge is -1.93. The standard InChI is InChI=1S/C10H6Cl2O2S/c1-5-2-3-7(14-5)9(13)6-4-8(11)15-10(6)12/h2-4H,1H3. The van der Waals surface area contributed by atoms with Crippen molar-refractivity contribution in [2.45, 2.75) is 6.92 Å². The minimum Gasteiger partial charge on any atom is -0.458 e. The molecule has 0 N–H and O–H groups in total. The van der Waals surface area contributed by atoms with Gasteiger partial charge < -0.3 is 4.42 Å². The van der Waals surface area contributed by atoms with Gasteiger partial charge in [-0.15, -0.1) is 11.3 Å². The molecule has 0 bridgehead atoms. The summed E-state index contributed by atoms with van der Waals surface area (Å²) in [4.78, 5) is 11.9. The summed E-state index contributed by atoms with van der Waals surface area (Å²) in [6.45, 7) is 1.78. The van der Waals surface area contributed by atoms with Gasteiger partial charge in [0.25, 0.3) is 0 Å². The Hall–Kier alpha value is -0.770. The first-order valence-corrected chi connectivity index (χ1v) is 5.71. The molecule has 2 heterocycles. The summed E-state index contributed by atoms with van der Waals surface area (Å²) in [6, 6.07) is 4.91. The van der Waals surface area contributed by atoms with Gasteiger partial charge in [0, 0.05) is 0 Å². The first-order chi connectivity index (χ1) is 7.08. The number of furan rings is 1. The highest BCUT2D eigenvalue weighted by atomic mass is 35.5. The monoisotopic (exact) mass is 260 g/mol. The van der Waals surface area contributed by atoms with E-state index < -0.39 is 0 Å². The molecule has 15 heavy (non-hydrogen) atoms. The van der Waals surface area contributed by atoms with E-state index in [1.54, 1.807) is 25.1 Å². The van der Waals surface area contributed by atoms with Crippen molar-refractivity contribution in [3.05, 3.63) is 44.0 Å². The van der Waals surface area contributed by atoms with Crippen LogP contribution in [0.15, 0.2) is 22.6 Å². The summed E-state index contributed by atoms with van der Waals surface area (Å²) in [7, 11) is 0. The fourth-order valence-corrected chi connectivity index (χ4v) is 2.64. The zero-order valence-corrected chi connectivity index (χ0v) is 10.0. The topological polar surface area (TPSA) is 30.2 Å². The summed E-state index contributed by atoms with van der Waals surface area (Å²) in [5.41, 5.74) is 0.390. The highest BCUT2D eigenvalue weighted by Crippen LogP contribution is 2.32. The predicted molar refractivity (Wildman–Crippen MR) is 61.2 cm³/mol. The second-order valence-corrected chi connectivity index (χ2v) is 5.26. The van der Waals surface area contributed by atoms with Crippen molar-refractivity contribution in [1.29, 1.82) is 0 Å². The maximum Gasteiger partial charge on any atom is 0.230 e. The lowest BCUT2D eigenvalue weighted by molar-refractivity contribution is 0.101. The lowest BCUT2D eigenvalue weighted by Crippen LogP contribution is -1.97. The minimum absolute atomic E-state index is 0.240. The van der Waals surface area contributed by atoms with Crippen LogP contribution < -0.4 is 0 Å². The molecule has 0 saturated carbocycles. The predicted octanol–water partition coefficient (Wildman–Crippen LogP) is 4.19. The van der Waals surface area contributed by atoms with Gasteiger partial charge in [0.15, 0.2) is 5.76 Å². The van der Waals surface area contributed by atoms with Crippen LogP contribution >= 0.6 is 34.5 Å². The largest absolute Gasteiger partial charge is 0.458 e. The third kappa shape index (κ3) is 2.09. The Morgan fingerprint density at radius 1 is 1.40 bits per heavy atom. The number of carbonyl (C=O) groups excluding carboxylic acids is 1. The van der Waals surface area contributed by atoms with Gasteiger partial charge in [-0.2, -0.15) is 0 Å². The molecule has 2 rings (SSSR count). The van der Waals surface area contributed by atoms with Gasteiger partial charge in [0.2, 0.25) is 5.78 Å². The zero-order chi connectivity index (χ0) is 11.0. The number of hydrogen-bond acceptors (Lipinski definition) is 3. The molecule has 0 amide bonds. The molecule has 0 aliphatic rings. The normalized spacial score (nSPS) is 10.6. The maximum atomic E-state index is 11.9. The van der Waals surface area contributed by atoms with Crippen molar-refractivity contribution in [2.24, 2.45) is 0 Å². The molecule has 2 aromatic heterocycles. The Balaban J connectivity index is 2.40. The second kappa shape index (κ2) is 4.00. The van der Waals surface area contributed by atoms with Crippen LogP contribution in [0.25, 0.3) is 0 Å². The minimum atomic E-state index is -0.240. The number of rotatable bonds is 2. The highest BCUT2D eigenvalue weighted by Gasteiger charge is 2.18. The molecule has 0 fully saturated rings. The third-order valence-electron chi connectivity index (χ3n) is 1.87. The molecule has 0 radical (unpaired) electrons. The van der Waals surface area contributed by atoms with Crippen molar-refractivity contribution in [3.8, 4) is 0 Å². The van der Waals surface area contributed by atoms with Crippen LogP contribution in [0.3, 0.4) is 0 Å². The van der Waals surface area contributed by atoms with Crippen molar-refractivity contribution in [2.75, 3.05) is 0 Å². The van der Waals surface area contributed by atoms with Gasteiger partial charge in [-0.25, -0.2) is 0 Å². The molecule has 2 nitrogen and oxygen atoms in total. The fourth-order valence-electron chi connectivity index (χ4n) is 1.18. The molecule has 0 spiro atoms. The number of aryl methyl sites for hydroxylation is 1. The van der Waals surface area contributed by atoms with Gasteiger partial charge in [-0.05, 0) is 25.1 Å². The van der Waals surface area contributed by atoms with E-state index in [0.717, 1.165) is 0 Å². The summed E-state index contributed by atoms with van der Waals surface area (Å²) >= 11 is 12.8. The number of halogens is 2. The smallest absolute Gasteiger partial charge is 0.230 e. The summed E-state index contributed by atoms with van der Waals surface area (Å²) in [5.74, 6) is 0.732. The Morgan fingerprint density at radius 3 is 2.60 bits per heavy atom. The Bertz CT molecular complexity index is 513. The SMILES string of the molecule is Cc1ccc(C(=O)c2cc(Cl)sc2Cl)o1. The first-order valence-electron chi connectivity index (χ1n) is 4.14. The molecular formula is C10H6Cl2O2S. The van der Waals surface area contributed by atoms with Gasteiger partial charge in [0.05, 0.1) is 9.90 Å². The van der Waals surface area contributed by atoms with Crippen molar-refractivity contribution in [3.63, 3.8) is 0 Å². The van der Waals surface area contributed by atoms with E-state index in [-0.39, 0.29) is 11.5 Å². The average molecular weight is 261 g/mol. The van der Waals surface area contributed by atoms with E-state index in [2.05, 4.69) is 0 Å². The molecule has 0 aliphatic carbocycles. The molecule has 0 unspecified atom stereocenters. The molecule has 78 valence electrons. The lowest BCUT2D eigenvalue weighted by atomic mass is 10.2. The first kappa shape index (κ1) is 10.7. The summed E-state index contributed by atoms with van der Waals surface area (Å²) < 4.78 is 6.10. The van der Waals surface area contributed by atoms with Gasteiger partial charge in [-0.3, -0.25) is 4.79 Å². The summed E-state index contributed by atoms with van der Waals surface area (Å²) in [5, 5.41) is 0. The molecule has 0 atom stereocenters. The van der Waals surface area contributed by atoms with Crippen molar-refractivity contribution in [1.82, 2.24) is 0 Å². The molecule has 0 aliphatic heterocycles. The number of carbonyl (C=O) groups is 1. The van der Waals surface area contributed by atoms with E-state index >= 15 is 0 Å². The van der Waals surface area contributed by atoms with Crippen LogP contribution in [0.1, 0.15) is 21.9 Å². The average Bonchev–Trinajstić information content (AvgIpc) is 2.71. The van der Waals surface area contributed by atoms with Gasteiger partial charge >= 0.3 is 0 Å². The van der Waals surface area contributed by atoms with Crippen LogP contribution in [0.5, 0.6) is 0 Å². The third-order valence-corrected chi connectivity index (χ3v) is 3.35. The van der Waals surface area contributed by atoms with E-state index in [0.29, 0.717) is 20.0 Å². The van der Waals surface area contributed by atoms with Crippen LogP contribution in [-0.2, 0) is 0 Å². The Kier molecular flexibility index (Phi) is 2.87. The van der Waals surface area contributed by atoms with Gasteiger partial charge in [0.1, 0.15) is 10.1 Å². The van der Waals surface area contributed by atoms with E-state index in [1.807, 2.05) is 0 Å². The van der Waals surface area contributed by atoms with Crippen molar-refractivity contribution < 1.29 is 9.21 Å². The van der Waals surface area contributed by atoms with Gasteiger partial charge in [-0.1, -0.05) is 23.2 Å². The highest BCUT2D eigenvalue weighted by molar-refractivity contribution is 7.20. The molecule has 0 aromatic carbocycles.